The molecule has 2 bridgehead atoms. The molecule has 0 saturated carbocycles. The summed E-state index contributed by atoms with van der Waals surface area (Å²) in [5.41, 5.74) is 3.25. The standard InChI is InChI=1S/C18H21BrN2O2/c1-18(2,3)23-17(22)21-11-5-7-15(21)16-12-8-10(19)4-6-13(12)20-14(16)9-11/h4,6,8,11,15,20H,5,7,9H2,1-3H3. The van der Waals surface area contributed by atoms with Crippen molar-refractivity contribution in [1.82, 2.24) is 9.88 Å². The van der Waals surface area contributed by atoms with E-state index >= 15 is 0 Å². The summed E-state index contributed by atoms with van der Waals surface area (Å²) in [6, 6.07) is 6.68. The minimum atomic E-state index is -0.458. The topological polar surface area (TPSA) is 45.3 Å². The van der Waals surface area contributed by atoms with Crippen molar-refractivity contribution < 1.29 is 9.53 Å². The Morgan fingerprint density at radius 3 is 2.87 bits per heavy atom. The van der Waals surface area contributed by atoms with E-state index in [1.807, 2.05) is 31.7 Å². The Morgan fingerprint density at radius 2 is 2.13 bits per heavy atom. The molecule has 4 rings (SSSR count). The lowest BCUT2D eigenvalue weighted by molar-refractivity contribution is 0.0125. The molecule has 23 heavy (non-hydrogen) atoms. The van der Waals surface area contributed by atoms with Gasteiger partial charge in [0.15, 0.2) is 0 Å². The second-order valence-electron chi connectivity index (χ2n) is 7.55. The zero-order chi connectivity index (χ0) is 16.4. The van der Waals surface area contributed by atoms with E-state index < -0.39 is 5.60 Å². The fourth-order valence-electron chi connectivity index (χ4n) is 3.98. The third-order valence-electron chi connectivity index (χ3n) is 4.76. The molecule has 2 aliphatic heterocycles. The number of carbonyl (C=O) groups is 1. The van der Waals surface area contributed by atoms with Crippen molar-refractivity contribution in [3.8, 4) is 0 Å². The second kappa shape index (κ2) is 5.00. The number of aromatic amines is 1. The Morgan fingerprint density at radius 1 is 1.35 bits per heavy atom. The largest absolute Gasteiger partial charge is 0.444 e. The van der Waals surface area contributed by atoms with Crippen molar-refractivity contribution >= 4 is 32.9 Å². The van der Waals surface area contributed by atoms with Crippen LogP contribution in [0.4, 0.5) is 4.79 Å². The number of amides is 1. The fraction of sp³-hybridized carbons (Fsp3) is 0.500. The Hall–Kier alpha value is -1.49. The van der Waals surface area contributed by atoms with Gasteiger partial charge >= 0.3 is 6.09 Å². The first-order valence-electron chi connectivity index (χ1n) is 8.15. The van der Waals surface area contributed by atoms with Crippen LogP contribution in [0.15, 0.2) is 22.7 Å². The van der Waals surface area contributed by atoms with Crippen molar-refractivity contribution in [3.05, 3.63) is 33.9 Å². The number of benzene rings is 1. The molecule has 2 aliphatic rings. The van der Waals surface area contributed by atoms with Gasteiger partial charge in [-0.1, -0.05) is 15.9 Å². The summed E-state index contributed by atoms with van der Waals surface area (Å²) in [4.78, 5) is 18.2. The third kappa shape index (κ3) is 2.45. The molecule has 2 aromatic rings. The lowest BCUT2D eigenvalue weighted by Crippen LogP contribution is -2.44. The van der Waals surface area contributed by atoms with Gasteiger partial charge in [-0.2, -0.15) is 0 Å². The number of halogens is 1. The summed E-state index contributed by atoms with van der Waals surface area (Å²) in [5, 5.41) is 1.22. The van der Waals surface area contributed by atoms with Crippen LogP contribution in [0.3, 0.4) is 0 Å². The average Bonchev–Trinajstić information content (AvgIpc) is 2.94. The number of H-pyrrole nitrogens is 1. The summed E-state index contributed by atoms with van der Waals surface area (Å²) in [5.74, 6) is 0. The number of carbonyl (C=O) groups excluding carboxylic acids is 1. The highest BCUT2D eigenvalue weighted by molar-refractivity contribution is 9.10. The molecule has 5 heteroatoms. The molecule has 1 aromatic carbocycles. The predicted octanol–water partition coefficient (Wildman–Crippen LogP) is 4.93. The van der Waals surface area contributed by atoms with Crippen LogP contribution in [0.5, 0.6) is 0 Å². The van der Waals surface area contributed by atoms with Gasteiger partial charge in [-0.05, 0) is 51.8 Å². The van der Waals surface area contributed by atoms with Gasteiger partial charge in [-0.3, -0.25) is 4.90 Å². The molecule has 3 heterocycles. The molecule has 1 saturated heterocycles. The van der Waals surface area contributed by atoms with E-state index in [0.717, 1.165) is 29.3 Å². The van der Waals surface area contributed by atoms with Gasteiger partial charge < -0.3 is 9.72 Å². The van der Waals surface area contributed by atoms with Crippen molar-refractivity contribution in [1.29, 1.82) is 0 Å². The van der Waals surface area contributed by atoms with E-state index in [4.69, 9.17) is 4.74 Å². The maximum atomic E-state index is 12.7. The number of nitrogens with one attached hydrogen (secondary N) is 1. The Labute approximate surface area is 144 Å². The maximum absolute atomic E-state index is 12.7. The van der Waals surface area contributed by atoms with Crippen molar-refractivity contribution in [2.45, 2.75) is 57.7 Å². The Balaban J connectivity index is 1.77. The highest BCUT2D eigenvalue weighted by Crippen LogP contribution is 2.47. The third-order valence-corrected chi connectivity index (χ3v) is 5.26. The van der Waals surface area contributed by atoms with Gasteiger partial charge in [-0.25, -0.2) is 4.79 Å². The van der Waals surface area contributed by atoms with Crippen LogP contribution in [0.2, 0.25) is 0 Å². The quantitative estimate of drug-likeness (QED) is 0.708. The fourth-order valence-corrected chi connectivity index (χ4v) is 4.34. The monoisotopic (exact) mass is 376 g/mol. The molecule has 4 nitrogen and oxygen atoms in total. The molecule has 2 unspecified atom stereocenters. The Bertz CT molecular complexity index is 790. The smallest absolute Gasteiger partial charge is 0.411 e. The van der Waals surface area contributed by atoms with E-state index in [9.17, 15) is 4.79 Å². The van der Waals surface area contributed by atoms with E-state index in [1.165, 1.54) is 16.6 Å². The molecule has 1 N–H and O–H groups in total. The number of hydrogen-bond donors (Lipinski definition) is 1. The lowest BCUT2D eigenvalue weighted by atomic mass is 9.97. The first-order valence-corrected chi connectivity index (χ1v) is 8.94. The average molecular weight is 377 g/mol. The van der Waals surface area contributed by atoms with Crippen LogP contribution in [0.25, 0.3) is 10.9 Å². The van der Waals surface area contributed by atoms with Gasteiger partial charge in [-0.15, -0.1) is 0 Å². The van der Waals surface area contributed by atoms with E-state index in [1.54, 1.807) is 0 Å². The van der Waals surface area contributed by atoms with Crippen molar-refractivity contribution in [2.75, 3.05) is 0 Å². The van der Waals surface area contributed by atoms with E-state index in [0.29, 0.717) is 0 Å². The van der Waals surface area contributed by atoms with Crippen LogP contribution in [-0.2, 0) is 11.2 Å². The van der Waals surface area contributed by atoms with Gasteiger partial charge in [0.25, 0.3) is 0 Å². The van der Waals surface area contributed by atoms with Gasteiger partial charge in [0.2, 0.25) is 0 Å². The number of aromatic nitrogens is 1. The van der Waals surface area contributed by atoms with E-state index in [-0.39, 0.29) is 18.2 Å². The van der Waals surface area contributed by atoms with Crippen LogP contribution < -0.4 is 0 Å². The summed E-state index contributed by atoms with van der Waals surface area (Å²) in [6.45, 7) is 5.76. The zero-order valence-corrected chi connectivity index (χ0v) is 15.2. The number of fused-ring (bicyclic) bond motifs is 6. The Kier molecular flexibility index (Phi) is 3.28. The first kappa shape index (κ1) is 15.1. The van der Waals surface area contributed by atoms with E-state index in [2.05, 4.69) is 33.0 Å². The van der Waals surface area contributed by atoms with Gasteiger partial charge in [0.1, 0.15) is 5.60 Å². The van der Waals surface area contributed by atoms with Crippen molar-refractivity contribution in [3.63, 3.8) is 0 Å². The number of hydrogen-bond acceptors (Lipinski definition) is 2. The van der Waals surface area contributed by atoms with Crippen LogP contribution in [0, 0.1) is 0 Å². The van der Waals surface area contributed by atoms with Crippen LogP contribution in [-0.4, -0.2) is 27.6 Å². The lowest BCUT2D eigenvalue weighted by Gasteiger charge is -2.36. The molecule has 1 aromatic heterocycles. The highest BCUT2D eigenvalue weighted by Gasteiger charge is 2.45. The molecular weight excluding hydrogens is 356 g/mol. The molecule has 0 aliphatic carbocycles. The summed E-state index contributed by atoms with van der Waals surface area (Å²) < 4.78 is 6.72. The van der Waals surface area contributed by atoms with Gasteiger partial charge in [0, 0.05) is 39.1 Å². The summed E-state index contributed by atoms with van der Waals surface area (Å²) in [6.07, 6.45) is 2.76. The second-order valence-corrected chi connectivity index (χ2v) is 8.46. The molecule has 0 spiro atoms. The normalized spacial score (nSPS) is 23.2. The first-order chi connectivity index (χ1) is 10.8. The maximum Gasteiger partial charge on any atom is 0.411 e. The molecule has 0 radical (unpaired) electrons. The number of nitrogens with zero attached hydrogens (tertiary/aromatic N) is 1. The molecule has 122 valence electrons. The number of rotatable bonds is 0. The minimum Gasteiger partial charge on any atom is -0.444 e. The van der Waals surface area contributed by atoms with Crippen LogP contribution in [0.1, 0.15) is 50.9 Å². The number of ether oxygens (including phenoxy) is 1. The highest BCUT2D eigenvalue weighted by atomic mass is 79.9. The zero-order valence-electron chi connectivity index (χ0n) is 13.6. The SMILES string of the molecule is CC(C)(C)OC(=O)N1C2CCC1c1c([nH]c3ccc(Br)cc13)C2. The summed E-state index contributed by atoms with van der Waals surface area (Å²) in [7, 11) is 0. The minimum absolute atomic E-state index is 0.127. The summed E-state index contributed by atoms with van der Waals surface area (Å²) >= 11 is 3.56. The molecule has 1 amide bonds. The molecular formula is C18H21BrN2O2. The molecule has 2 atom stereocenters. The van der Waals surface area contributed by atoms with Crippen LogP contribution >= 0.6 is 15.9 Å². The van der Waals surface area contributed by atoms with Crippen molar-refractivity contribution in [2.24, 2.45) is 0 Å². The van der Waals surface area contributed by atoms with Gasteiger partial charge in [0.05, 0.1) is 6.04 Å². The molecule has 1 fully saturated rings. The predicted molar refractivity (Wildman–Crippen MR) is 93.5 cm³/mol.